The molecule has 0 aromatic carbocycles. The third-order valence-corrected chi connectivity index (χ3v) is 5.59. The van der Waals surface area contributed by atoms with Gasteiger partial charge in [0, 0.05) is 30.2 Å². The first-order valence-corrected chi connectivity index (χ1v) is 9.00. The number of hydrogen-bond donors (Lipinski definition) is 3. The summed E-state index contributed by atoms with van der Waals surface area (Å²) in [5.41, 5.74) is 7.49. The SMILES string of the molecule is Cc1cc(C(=O)C23C=CC=C(CNC2C)C3N)nc(NC(=O)C2CC2)n1. The summed E-state index contributed by atoms with van der Waals surface area (Å²) in [4.78, 5) is 34.1. The van der Waals surface area contributed by atoms with Gasteiger partial charge in [-0.15, -0.1) is 0 Å². The maximum atomic E-state index is 13.5. The second-order valence-electron chi connectivity index (χ2n) is 7.42. The van der Waals surface area contributed by atoms with Crippen LogP contribution in [0.3, 0.4) is 0 Å². The topological polar surface area (TPSA) is 110 Å². The van der Waals surface area contributed by atoms with Gasteiger partial charge in [-0.05, 0) is 38.3 Å². The van der Waals surface area contributed by atoms with Crippen molar-refractivity contribution < 1.29 is 9.59 Å². The molecule has 1 aromatic rings. The lowest BCUT2D eigenvalue weighted by molar-refractivity contribution is -0.117. The van der Waals surface area contributed by atoms with E-state index in [1.165, 1.54) is 0 Å². The first-order valence-electron chi connectivity index (χ1n) is 9.00. The zero-order valence-electron chi connectivity index (χ0n) is 15.0. The van der Waals surface area contributed by atoms with E-state index in [-0.39, 0.29) is 35.3 Å². The van der Waals surface area contributed by atoms with Crippen molar-refractivity contribution >= 4 is 17.6 Å². The van der Waals surface area contributed by atoms with Crippen LogP contribution in [0.25, 0.3) is 0 Å². The molecular weight excluding hydrogens is 330 g/mol. The number of allylic oxidation sites excluding steroid dienone is 2. The molecule has 2 aliphatic carbocycles. The molecule has 7 heteroatoms. The molecule has 136 valence electrons. The van der Waals surface area contributed by atoms with Crippen LogP contribution in [0.15, 0.2) is 29.9 Å². The van der Waals surface area contributed by atoms with Crippen molar-refractivity contribution in [2.45, 2.75) is 38.8 Å². The first-order chi connectivity index (χ1) is 12.4. The van der Waals surface area contributed by atoms with Crippen molar-refractivity contribution in [3.05, 3.63) is 41.3 Å². The molecule has 7 nitrogen and oxygen atoms in total. The second-order valence-corrected chi connectivity index (χ2v) is 7.42. The summed E-state index contributed by atoms with van der Waals surface area (Å²) in [5, 5.41) is 6.09. The Bertz CT molecular complexity index is 842. The van der Waals surface area contributed by atoms with Crippen LogP contribution in [0.4, 0.5) is 5.95 Å². The highest BCUT2D eigenvalue weighted by atomic mass is 16.2. The van der Waals surface area contributed by atoms with E-state index in [0.29, 0.717) is 12.2 Å². The minimum Gasteiger partial charge on any atom is -0.323 e. The number of carbonyl (C=O) groups excluding carboxylic acids is 2. The molecule has 2 fully saturated rings. The van der Waals surface area contributed by atoms with Crippen molar-refractivity contribution in [3.63, 3.8) is 0 Å². The third-order valence-electron chi connectivity index (χ3n) is 5.59. The zero-order chi connectivity index (χ0) is 18.5. The Morgan fingerprint density at radius 2 is 2.12 bits per heavy atom. The van der Waals surface area contributed by atoms with Crippen molar-refractivity contribution in [2.75, 3.05) is 11.9 Å². The summed E-state index contributed by atoms with van der Waals surface area (Å²) in [6, 6.07) is 1.14. The summed E-state index contributed by atoms with van der Waals surface area (Å²) in [6.45, 7) is 4.43. The Kier molecular flexibility index (Phi) is 4.00. The molecule has 1 amide bonds. The molecule has 2 heterocycles. The Morgan fingerprint density at radius 1 is 1.35 bits per heavy atom. The summed E-state index contributed by atoms with van der Waals surface area (Å²) in [6.07, 6.45) is 7.52. The molecular formula is C19H23N5O2. The van der Waals surface area contributed by atoms with Crippen LogP contribution in [0.5, 0.6) is 0 Å². The molecule has 3 unspecified atom stereocenters. The van der Waals surface area contributed by atoms with Gasteiger partial charge in [-0.2, -0.15) is 0 Å². The zero-order valence-corrected chi connectivity index (χ0v) is 15.0. The first kappa shape index (κ1) is 17.1. The number of nitrogens with two attached hydrogens (primary N) is 1. The van der Waals surface area contributed by atoms with Crippen LogP contribution in [0, 0.1) is 18.3 Å². The summed E-state index contributed by atoms with van der Waals surface area (Å²) >= 11 is 0. The highest BCUT2D eigenvalue weighted by molar-refractivity contribution is 6.03. The van der Waals surface area contributed by atoms with Gasteiger partial charge in [-0.1, -0.05) is 18.2 Å². The number of carbonyl (C=O) groups is 2. The number of aromatic nitrogens is 2. The predicted molar refractivity (Wildman–Crippen MR) is 97.5 cm³/mol. The van der Waals surface area contributed by atoms with Crippen LogP contribution in [-0.2, 0) is 4.79 Å². The van der Waals surface area contributed by atoms with Gasteiger partial charge in [-0.25, -0.2) is 9.97 Å². The van der Waals surface area contributed by atoms with Gasteiger partial charge < -0.3 is 11.1 Å². The number of nitrogens with one attached hydrogen (secondary N) is 2. The monoisotopic (exact) mass is 353 g/mol. The number of piperidine rings is 1. The number of ketones is 1. The lowest BCUT2D eigenvalue weighted by atomic mass is 9.64. The molecule has 4 N–H and O–H groups in total. The van der Waals surface area contributed by atoms with Crippen LogP contribution in [0.2, 0.25) is 0 Å². The van der Waals surface area contributed by atoms with Gasteiger partial charge >= 0.3 is 0 Å². The smallest absolute Gasteiger partial charge is 0.230 e. The van der Waals surface area contributed by atoms with Crippen LogP contribution >= 0.6 is 0 Å². The normalized spacial score (nSPS) is 29.9. The number of fused-ring (bicyclic) bond motifs is 2. The van der Waals surface area contributed by atoms with Gasteiger partial charge in [0.2, 0.25) is 11.9 Å². The Labute approximate surface area is 152 Å². The minimum absolute atomic E-state index is 0.0434. The van der Waals surface area contributed by atoms with Gasteiger partial charge in [-0.3, -0.25) is 14.9 Å². The van der Waals surface area contributed by atoms with E-state index in [4.69, 9.17) is 5.73 Å². The molecule has 2 bridgehead atoms. The molecule has 0 radical (unpaired) electrons. The Hall–Kier alpha value is -2.38. The number of Topliss-reactive ketones (excluding diaryl/α,β-unsaturated/α-hetero) is 1. The highest BCUT2D eigenvalue weighted by Crippen LogP contribution is 2.40. The van der Waals surface area contributed by atoms with E-state index in [0.717, 1.165) is 18.4 Å². The maximum absolute atomic E-state index is 13.5. The van der Waals surface area contributed by atoms with Crippen molar-refractivity contribution in [3.8, 4) is 0 Å². The van der Waals surface area contributed by atoms with E-state index in [1.54, 1.807) is 13.0 Å². The van der Waals surface area contributed by atoms with Gasteiger partial charge in [0.25, 0.3) is 0 Å². The Morgan fingerprint density at radius 3 is 2.85 bits per heavy atom. The van der Waals surface area contributed by atoms with E-state index in [1.807, 2.05) is 25.2 Å². The van der Waals surface area contributed by atoms with Crippen LogP contribution < -0.4 is 16.4 Å². The molecule has 26 heavy (non-hydrogen) atoms. The van der Waals surface area contributed by atoms with Crippen LogP contribution in [0.1, 0.15) is 35.9 Å². The number of aryl methyl sites for hydroxylation is 1. The molecule has 1 saturated carbocycles. The number of rotatable bonds is 4. The molecule has 1 aliphatic heterocycles. The lowest BCUT2D eigenvalue weighted by Gasteiger charge is -2.47. The molecule has 1 saturated heterocycles. The fourth-order valence-electron chi connectivity index (χ4n) is 3.80. The quantitative estimate of drug-likeness (QED) is 0.700. The van der Waals surface area contributed by atoms with Crippen molar-refractivity contribution in [1.29, 1.82) is 0 Å². The summed E-state index contributed by atoms with van der Waals surface area (Å²) in [7, 11) is 0. The predicted octanol–water partition coefficient (Wildman–Crippen LogP) is 1.12. The number of hydrogen-bond acceptors (Lipinski definition) is 6. The lowest BCUT2D eigenvalue weighted by Crippen LogP contribution is -2.64. The highest BCUT2D eigenvalue weighted by Gasteiger charge is 2.51. The fourth-order valence-corrected chi connectivity index (χ4v) is 3.80. The van der Waals surface area contributed by atoms with Gasteiger partial charge in [0.05, 0.1) is 5.41 Å². The van der Waals surface area contributed by atoms with Gasteiger partial charge in [0.1, 0.15) is 5.69 Å². The average molecular weight is 353 g/mol. The van der Waals surface area contributed by atoms with E-state index in [2.05, 4.69) is 20.6 Å². The van der Waals surface area contributed by atoms with Gasteiger partial charge in [0.15, 0.2) is 5.78 Å². The molecule has 0 spiro atoms. The standard InChI is InChI=1S/C19H23N5O2/c1-10-8-14(23-18(22-10)24-17(26)12-5-6-12)16(25)19-7-3-4-13(15(19)20)9-21-11(19)2/h3-4,7-8,11-12,15,21H,5-6,9,20H2,1-2H3,(H,22,23,24,26). The van der Waals surface area contributed by atoms with E-state index >= 15 is 0 Å². The molecule has 1 aromatic heterocycles. The number of anilines is 1. The largest absolute Gasteiger partial charge is 0.323 e. The molecule has 4 rings (SSSR count). The third kappa shape index (κ3) is 2.68. The van der Waals surface area contributed by atoms with Crippen molar-refractivity contribution in [1.82, 2.24) is 15.3 Å². The molecule has 3 atom stereocenters. The van der Waals surface area contributed by atoms with Crippen molar-refractivity contribution in [2.24, 2.45) is 17.1 Å². The maximum Gasteiger partial charge on any atom is 0.230 e. The number of nitrogens with zero attached hydrogens (tertiary/aromatic N) is 2. The van der Waals surface area contributed by atoms with Crippen LogP contribution in [-0.4, -0.2) is 40.3 Å². The average Bonchev–Trinajstić information content (AvgIpc) is 3.43. The van der Waals surface area contributed by atoms with E-state index < -0.39 is 11.5 Å². The fraction of sp³-hybridized carbons (Fsp3) is 0.474. The summed E-state index contributed by atoms with van der Waals surface area (Å²) in [5.74, 6) is -0.0117. The van der Waals surface area contributed by atoms with E-state index in [9.17, 15) is 9.59 Å². The molecule has 3 aliphatic rings. The Balaban J connectivity index is 1.69. The minimum atomic E-state index is -0.888. The second kappa shape index (κ2) is 6.10. The number of amides is 1. The summed E-state index contributed by atoms with van der Waals surface area (Å²) < 4.78 is 0.